The molecule has 1 fully saturated rings. The lowest BCUT2D eigenvalue weighted by molar-refractivity contribution is -0.139. The van der Waals surface area contributed by atoms with Crippen molar-refractivity contribution in [2.75, 3.05) is 18.0 Å². The number of ether oxygens (including phenoxy) is 1. The molecule has 3 aromatic carbocycles. The summed E-state index contributed by atoms with van der Waals surface area (Å²) in [5.41, 5.74) is 0.975. The number of carbonyl (C=O) groups is 2. The van der Waals surface area contributed by atoms with Gasteiger partial charge in [0, 0.05) is 22.6 Å². The summed E-state index contributed by atoms with van der Waals surface area (Å²) >= 11 is 12.2. The van der Waals surface area contributed by atoms with E-state index in [1.807, 2.05) is 0 Å². The van der Waals surface area contributed by atoms with Gasteiger partial charge in [0.25, 0.3) is 10.0 Å². The average molecular weight is 619 g/mol. The van der Waals surface area contributed by atoms with Crippen LogP contribution in [-0.2, 0) is 26.2 Å². The van der Waals surface area contributed by atoms with Gasteiger partial charge >= 0.3 is 0 Å². The van der Waals surface area contributed by atoms with E-state index in [9.17, 15) is 18.0 Å². The summed E-state index contributed by atoms with van der Waals surface area (Å²) in [5, 5.41) is 3.74. The molecule has 41 heavy (non-hydrogen) atoms. The number of methoxy groups -OCH3 is 1. The average Bonchev–Trinajstić information content (AvgIpc) is 3.47. The molecule has 3 aromatic rings. The fourth-order valence-corrected chi connectivity index (χ4v) is 6.51. The molecular weight excluding hydrogens is 585 g/mol. The van der Waals surface area contributed by atoms with E-state index in [2.05, 4.69) is 5.32 Å². The molecule has 0 spiro atoms. The molecule has 0 bridgehead atoms. The minimum absolute atomic E-state index is 0.0385. The number of hydrogen-bond acceptors (Lipinski definition) is 5. The standard InChI is InChI=1S/C30H33Cl2N3O5S/c1-21(30(37)33-25-7-3-4-8-25)34(19-22-10-14-27(40-2)15-11-22)29(36)20-35(26-9-5-6-24(32)18-26)41(38,39)28-16-12-23(31)13-17-28/h5-6,9-18,21,25H,3-4,7-8,19-20H2,1-2H3,(H,33,37)/t21-/m1/s1. The Bertz CT molecular complexity index is 1460. The Morgan fingerprint density at radius 2 is 1.63 bits per heavy atom. The Morgan fingerprint density at radius 1 is 0.976 bits per heavy atom. The number of hydrogen-bond donors (Lipinski definition) is 1. The Balaban J connectivity index is 1.68. The van der Waals surface area contributed by atoms with E-state index in [0.29, 0.717) is 15.8 Å². The molecule has 0 unspecified atom stereocenters. The summed E-state index contributed by atoms with van der Waals surface area (Å²) in [7, 11) is -2.65. The van der Waals surface area contributed by atoms with Crippen LogP contribution in [0.15, 0.2) is 77.7 Å². The normalized spacial score (nSPS) is 14.3. The zero-order valence-electron chi connectivity index (χ0n) is 22.9. The maximum Gasteiger partial charge on any atom is 0.264 e. The quantitative estimate of drug-likeness (QED) is 0.299. The summed E-state index contributed by atoms with van der Waals surface area (Å²) in [6.07, 6.45) is 3.88. The first kappa shape index (κ1) is 30.7. The van der Waals surface area contributed by atoms with Gasteiger partial charge in [-0.2, -0.15) is 0 Å². The minimum Gasteiger partial charge on any atom is -0.497 e. The van der Waals surface area contributed by atoms with Gasteiger partial charge in [0.15, 0.2) is 0 Å². The number of carbonyl (C=O) groups excluding carboxylic acids is 2. The highest BCUT2D eigenvalue weighted by Crippen LogP contribution is 2.28. The molecule has 218 valence electrons. The van der Waals surface area contributed by atoms with Gasteiger partial charge in [-0.1, -0.05) is 54.2 Å². The van der Waals surface area contributed by atoms with Gasteiger partial charge in [-0.3, -0.25) is 13.9 Å². The predicted molar refractivity (Wildman–Crippen MR) is 161 cm³/mol. The third kappa shape index (κ3) is 7.72. The predicted octanol–water partition coefficient (Wildman–Crippen LogP) is 5.67. The second-order valence-electron chi connectivity index (χ2n) is 9.98. The van der Waals surface area contributed by atoms with Crippen LogP contribution in [0.2, 0.25) is 10.0 Å². The minimum atomic E-state index is -4.21. The van der Waals surface area contributed by atoms with E-state index < -0.39 is 28.5 Å². The second-order valence-corrected chi connectivity index (χ2v) is 12.7. The van der Waals surface area contributed by atoms with Crippen LogP contribution in [0.4, 0.5) is 5.69 Å². The van der Waals surface area contributed by atoms with Crippen molar-refractivity contribution < 1.29 is 22.7 Å². The molecule has 4 rings (SSSR count). The number of benzene rings is 3. The van der Waals surface area contributed by atoms with Gasteiger partial charge < -0.3 is 15.0 Å². The van der Waals surface area contributed by atoms with Crippen LogP contribution in [0.1, 0.15) is 38.2 Å². The van der Waals surface area contributed by atoms with Crippen molar-refractivity contribution in [3.63, 3.8) is 0 Å². The molecule has 1 aliphatic rings. The zero-order valence-corrected chi connectivity index (χ0v) is 25.3. The van der Waals surface area contributed by atoms with E-state index in [1.54, 1.807) is 56.5 Å². The lowest BCUT2D eigenvalue weighted by Gasteiger charge is -2.32. The lowest BCUT2D eigenvalue weighted by Crippen LogP contribution is -2.52. The number of anilines is 1. The monoisotopic (exact) mass is 617 g/mol. The number of sulfonamides is 1. The zero-order chi connectivity index (χ0) is 29.6. The molecule has 0 heterocycles. The molecule has 11 heteroatoms. The Kier molecular flexibility index (Phi) is 10.2. The summed E-state index contributed by atoms with van der Waals surface area (Å²) < 4.78 is 34.0. The lowest BCUT2D eigenvalue weighted by atomic mass is 10.1. The van der Waals surface area contributed by atoms with Gasteiger partial charge in [0.1, 0.15) is 18.3 Å². The number of rotatable bonds is 11. The van der Waals surface area contributed by atoms with Crippen LogP contribution in [0.25, 0.3) is 0 Å². The van der Waals surface area contributed by atoms with E-state index in [-0.39, 0.29) is 29.1 Å². The Labute approximate surface area is 251 Å². The SMILES string of the molecule is COc1ccc(CN(C(=O)CN(c2cccc(Cl)c2)S(=O)(=O)c2ccc(Cl)cc2)[C@H](C)C(=O)NC2CCCC2)cc1. The number of nitrogens with zero attached hydrogens (tertiary/aromatic N) is 2. The molecule has 0 aromatic heterocycles. The summed E-state index contributed by atoms with van der Waals surface area (Å²) in [5.74, 6) is -0.180. The number of amides is 2. The van der Waals surface area contributed by atoms with Gasteiger partial charge in [-0.05, 0) is 79.9 Å². The van der Waals surface area contributed by atoms with Gasteiger partial charge in [0.2, 0.25) is 11.8 Å². The fourth-order valence-electron chi connectivity index (χ4n) is 4.80. The van der Waals surface area contributed by atoms with Crippen LogP contribution in [0, 0.1) is 0 Å². The second kappa shape index (κ2) is 13.6. The highest BCUT2D eigenvalue weighted by Gasteiger charge is 2.33. The largest absolute Gasteiger partial charge is 0.497 e. The Hall–Kier alpha value is -3.27. The highest BCUT2D eigenvalue weighted by atomic mass is 35.5. The van der Waals surface area contributed by atoms with Crippen LogP contribution in [0.5, 0.6) is 5.75 Å². The van der Waals surface area contributed by atoms with E-state index in [0.717, 1.165) is 35.6 Å². The summed E-state index contributed by atoms with van der Waals surface area (Å²) in [6, 6.07) is 18.3. The summed E-state index contributed by atoms with van der Waals surface area (Å²) in [6.45, 7) is 1.19. The van der Waals surface area contributed by atoms with E-state index in [4.69, 9.17) is 27.9 Å². The van der Waals surface area contributed by atoms with Crippen molar-refractivity contribution in [3.05, 3.63) is 88.4 Å². The van der Waals surface area contributed by atoms with Crippen LogP contribution >= 0.6 is 23.2 Å². The molecule has 1 atom stereocenters. The Morgan fingerprint density at radius 3 is 2.24 bits per heavy atom. The topological polar surface area (TPSA) is 96.0 Å². The third-order valence-electron chi connectivity index (χ3n) is 7.16. The van der Waals surface area contributed by atoms with Crippen molar-refractivity contribution >= 4 is 50.7 Å². The first-order valence-electron chi connectivity index (χ1n) is 13.3. The molecule has 1 N–H and O–H groups in total. The van der Waals surface area contributed by atoms with Crippen molar-refractivity contribution in [1.82, 2.24) is 10.2 Å². The van der Waals surface area contributed by atoms with Crippen LogP contribution in [-0.4, -0.2) is 50.9 Å². The fraction of sp³-hybridized carbons (Fsp3) is 0.333. The smallest absolute Gasteiger partial charge is 0.264 e. The van der Waals surface area contributed by atoms with Crippen molar-refractivity contribution in [1.29, 1.82) is 0 Å². The molecule has 0 radical (unpaired) electrons. The van der Waals surface area contributed by atoms with E-state index in [1.165, 1.54) is 35.2 Å². The first-order valence-corrected chi connectivity index (χ1v) is 15.5. The van der Waals surface area contributed by atoms with E-state index >= 15 is 0 Å². The molecule has 0 saturated heterocycles. The van der Waals surface area contributed by atoms with Gasteiger partial charge in [0.05, 0.1) is 17.7 Å². The maximum atomic E-state index is 14.0. The van der Waals surface area contributed by atoms with Crippen LogP contribution < -0.4 is 14.4 Å². The van der Waals surface area contributed by atoms with Crippen molar-refractivity contribution in [2.45, 2.75) is 56.1 Å². The molecule has 8 nitrogen and oxygen atoms in total. The van der Waals surface area contributed by atoms with Gasteiger partial charge in [-0.15, -0.1) is 0 Å². The molecule has 1 saturated carbocycles. The molecule has 0 aliphatic heterocycles. The van der Waals surface area contributed by atoms with Crippen molar-refractivity contribution in [2.24, 2.45) is 0 Å². The molecule has 2 amide bonds. The maximum absolute atomic E-state index is 14.0. The van der Waals surface area contributed by atoms with Gasteiger partial charge in [-0.25, -0.2) is 8.42 Å². The molecule has 1 aliphatic carbocycles. The van der Waals surface area contributed by atoms with Crippen molar-refractivity contribution in [3.8, 4) is 5.75 Å². The number of halogens is 2. The third-order valence-corrected chi connectivity index (χ3v) is 9.43. The first-order chi connectivity index (χ1) is 19.6. The highest BCUT2D eigenvalue weighted by molar-refractivity contribution is 7.92. The summed E-state index contributed by atoms with van der Waals surface area (Å²) in [4.78, 5) is 28.7. The molecular formula is C30H33Cl2N3O5S. The van der Waals surface area contributed by atoms with Crippen LogP contribution in [0.3, 0.4) is 0 Å². The number of nitrogens with one attached hydrogen (secondary N) is 1.